The quantitative estimate of drug-likeness (QED) is 0.608. The summed E-state index contributed by atoms with van der Waals surface area (Å²) in [6.45, 7) is 1.24. The second kappa shape index (κ2) is 6.17. The number of methoxy groups -OCH3 is 1. The Balaban J connectivity index is 2.02. The van der Waals surface area contributed by atoms with Gasteiger partial charge in [-0.1, -0.05) is 0 Å². The van der Waals surface area contributed by atoms with E-state index < -0.39 is 5.97 Å². The zero-order valence-corrected chi connectivity index (χ0v) is 12.7. The first-order valence-corrected chi connectivity index (χ1v) is 7.60. The summed E-state index contributed by atoms with van der Waals surface area (Å²) < 4.78 is 5.02. The molecule has 0 saturated heterocycles. The number of aromatic nitrogens is 2. The third-order valence-electron chi connectivity index (χ3n) is 3.26. The lowest BCUT2D eigenvalue weighted by Gasteiger charge is -2.08. The maximum atomic E-state index is 11.1. The summed E-state index contributed by atoms with van der Waals surface area (Å²) in [5.41, 5.74) is 2.60. The zero-order valence-electron chi connectivity index (χ0n) is 11.9. The third-order valence-corrected chi connectivity index (χ3v) is 4.18. The van der Waals surface area contributed by atoms with Crippen molar-refractivity contribution in [2.24, 2.45) is 0 Å². The molecule has 0 bridgehead atoms. The Hall–Kier alpha value is -2.38. The van der Waals surface area contributed by atoms with Gasteiger partial charge in [0.1, 0.15) is 16.3 Å². The van der Waals surface area contributed by atoms with Crippen LogP contribution in [0.3, 0.4) is 0 Å². The van der Waals surface area contributed by atoms with Crippen molar-refractivity contribution in [2.75, 3.05) is 25.6 Å². The van der Waals surface area contributed by atoms with Gasteiger partial charge in [0, 0.05) is 25.2 Å². The first kappa shape index (κ1) is 14.6. The largest absolute Gasteiger partial charge is 0.477 e. The zero-order chi connectivity index (χ0) is 15.5. The van der Waals surface area contributed by atoms with E-state index in [0.29, 0.717) is 18.0 Å². The second-order valence-electron chi connectivity index (χ2n) is 4.72. The minimum Gasteiger partial charge on any atom is -0.477 e. The number of carboxylic acids is 1. The molecule has 0 unspecified atom stereocenters. The van der Waals surface area contributed by atoms with E-state index in [1.165, 1.54) is 11.3 Å². The molecule has 22 heavy (non-hydrogen) atoms. The first-order valence-electron chi connectivity index (χ1n) is 6.72. The third kappa shape index (κ3) is 2.81. The average molecular weight is 317 g/mol. The van der Waals surface area contributed by atoms with Crippen LogP contribution in [0.2, 0.25) is 0 Å². The number of rotatable bonds is 6. The summed E-state index contributed by atoms with van der Waals surface area (Å²) in [4.78, 5) is 19.0. The van der Waals surface area contributed by atoms with Crippen LogP contribution in [0.5, 0.6) is 0 Å². The highest BCUT2D eigenvalue weighted by molar-refractivity contribution is 7.12. The van der Waals surface area contributed by atoms with Gasteiger partial charge in [0.25, 0.3) is 0 Å². The van der Waals surface area contributed by atoms with Crippen LogP contribution in [0.25, 0.3) is 22.2 Å². The fourth-order valence-electron chi connectivity index (χ4n) is 2.24. The van der Waals surface area contributed by atoms with Gasteiger partial charge in [0.15, 0.2) is 0 Å². The lowest BCUT2D eigenvalue weighted by Crippen LogP contribution is -2.08. The molecule has 3 heterocycles. The van der Waals surface area contributed by atoms with Crippen molar-refractivity contribution < 1.29 is 14.6 Å². The predicted molar refractivity (Wildman–Crippen MR) is 86.7 cm³/mol. The molecule has 0 spiro atoms. The molecule has 0 aliphatic heterocycles. The lowest BCUT2D eigenvalue weighted by molar-refractivity contribution is 0.0702. The number of carboxylic acid groups (broad SMARTS) is 1. The van der Waals surface area contributed by atoms with Gasteiger partial charge in [0.05, 0.1) is 6.61 Å². The van der Waals surface area contributed by atoms with Crippen molar-refractivity contribution in [3.8, 4) is 11.1 Å². The topological polar surface area (TPSA) is 87.2 Å². The highest BCUT2D eigenvalue weighted by atomic mass is 32.1. The number of H-pyrrole nitrogens is 1. The molecule has 0 atom stereocenters. The normalized spacial score (nSPS) is 11.0. The summed E-state index contributed by atoms with van der Waals surface area (Å²) in [5.74, 6) is -0.181. The highest BCUT2D eigenvalue weighted by Gasteiger charge is 2.13. The van der Waals surface area contributed by atoms with E-state index in [1.54, 1.807) is 13.2 Å². The Bertz CT molecular complexity index is 809. The molecule has 3 aromatic heterocycles. The lowest BCUT2D eigenvalue weighted by atomic mass is 10.1. The maximum absolute atomic E-state index is 11.1. The standard InChI is InChI=1S/C15H15N3O3S/c1-21-5-4-16-13-7-11(10-2-3-17-14(10)18-13)9-6-12(15(19)20)22-8-9/h2-3,6-8H,4-5H2,1H3,(H,19,20)(H2,16,17,18). The summed E-state index contributed by atoms with van der Waals surface area (Å²) >= 11 is 1.22. The molecule has 0 fully saturated rings. The van der Waals surface area contributed by atoms with Crippen molar-refractivity contribution in [1.82, 2.24) is 9.97 Å². The summed E-state index contributed by atoms with van der Waals surface area (Å²) in [5, 5.41) is 15.1. The van der Waals surface area contributed by atoms with Crippen LogP contribution in [0, 0.1) is 0 Å². The van der Waals surface area contributed by atoms with Gasteiger partial charge in [-0.15, -0.1) is 11.3 Å². The van der Waals surface area contributed by atoms with Crippen molar-refractivity contribution in [3.63, 3.8) is 0 Å². The van der Waals surface area contributed by atoms with Crippen LogP contribution in [-0.2, 0) is 4.74 Å². The SMILES string of the molecule is COCCNc1cc(-c2csc(C(=O)O)c2)c2cc[nH]c2n1. The number of fused-ring (bicyclic) bond motifs is 1. The molecule has 6 nitrogen and oxygen atoms in total. The van der Waals surface area contributed by atoms with Crippen LogP contribution in [0.4, 0.5) is 5.82 Å². The minimum absolute atomic E-state index is 0.324. The number of nitrogens with zero attached hydrogens (tertiary/aromatic N) is 1. The Labute approximate surface area is 130 Å². The molecular weight excluding hydrogens is 302 g/mol. The summed E-state index contributed by atoms with van der Waals surface area (Å²) in [6.07, 6.45) is 1.82. The van der Waals surface area contributed by atoms with Gasteiger partial charge in [-0.05, 0) is 34.7 Å². The predicted octanol–water partition coefficient (Wildman–Crippen LogP) is 3.05. The van der Waals surface area contributed by atoms with E-state index in [-0.39, 0.29) is 0 Å². The number of nitrogens with one attached hydrogen (secondary N) is 2. The van der Waals surface area contributed by atoms with Crippen LogP contribution in [0.15, 0.2) is 29.8 Å². The number of thiophene rings is 1. The summed E-state index contributed by atoms with van der Waals surface area (Å²) in [7, 11) is 1.65. The average Bonchev–Trinajstić information content (AvgIpc) is 3.16. The van der Waals surface area contributed by atoms with Gasteiger partial charge in [-0.2, -0.15) is 0 Å². The van der Waals surface area contributed by atoms with E-state index in [2.05, 4.69) is 15.3 Å². The number of anilines is 1. The number of ether oxygens (including phenoxy) is 1. The molecule has 0 aromatic carbocycles. The molecule has 7 heteroatoms. The molecule has 3 rings (SSSR count). The summed E-state index contributed by atoms with van der Waals surface area (Å²) in [6, 6.07) is 5.56. The first-order chi connectivity index (χ1) is 10.7. The smallest absolute Gasteiger partial charge is 0.345 e. The van der Waals surface area contributed by atoms with Gasteiger partial charge < -0.3 is 20.1 Å². The Kier molecular flexibility index (Phi) is 4.08. The van der Waals surface area contributed by atoms with Crippen LogP contribution < -0.4 is 5.32 Å². The van der Waals surface area contributed by atoms with Crippen LogP contribution in [-0.4, -0.2) is 41.3 Å². The fourth-order valence-corrected chi connectivity index (χ4v) is 2.98. The molecular formula is C15H15N3O3S. The number of pyridine rings is 1. The van der Waals surface area contributed by atoms with Gasteiger partial charge in [-0.3, -0.25) is 0 Å². The van der Waals surface area contributed by atoms with E-state index in [4.69, 9.17) is 9.84 Å². The number of hydrogen-bond acceptors (Lipinski definition) is 5. The number of aromatic amines is 1. The van der Waals surface area contributed by atoms with Crippen molar-refractivity contribution >= 4 is 34.2 Å². The van der Waals surface area contributed by atoms with E-state index >= 15 is 0 Å². The van der Waals surface area contributed by atoms with E-state index in [1.807, 2.05) is 23.7 Å². The fraction of sp³-hybridized carbons (Fsp3) is 0.200. The van der Waals surface area contributed by atoms with Gasteiger partial charge >= 0.3 is 5.97 Å². The molecule has 0 saturated carbocycles. The Morgan fingerprint density at radius 3 is 3.09 bits per heavy atom. The monoisotopic (exact) mass is 317 g/mol. The van der Waals surface area contributed by atoms with Crippen molar-refractivity contribution in [3.05, 3.63) is 34.7 Å². The van der Waals surface area contributed by atoms with Gasteiger partial charge in [0.2, 0.25) is 0 Å². The van der Waals surface area contributed by atoms with Crippen LogP contribution in [0.1, 0.15) is 9.67 Å². The van der Waals surface area contributed by atoms with Crippen molar-refractivity contribution in [1.29, 1.82) is 0 Å². The molecule has 114 valence electrons. The molecule has 0 radical (unpaired) electrons. The van der Waals surface area contributed by atoms with Crippen molar-refractivity contribution in [2.45, 2.75) is 0 Å². The molecule has 3 N–H and O–H groups in total. The molecule has 0 aliphatic carbocycles. The second-order valence-corrected chi connectivity index (χ2v) is 5.63. The minimum atomic E-state index is -0.908. The molecule has 0 aliphatic rings. The van der Waals surface area contributed by atoms with E-state index in [0.717, 1.165) is 28.0 Å². The molecule has 3 aromatic rings. The number of aromatic carboxylic acids is 1. The number of carbonyl (C=O) groups is 1. The Morgan fingerprint density at radius 1 is 1.50 bits per heavy atom. The molecule has 0 amide bonds. The van der Waals surface area contributed by atoms with E-state index in [9.17, 15) is 4.79 Å². The Morgan fingerprint density at radius 2 is 2.36 bits per heavy atom. The highest BCUT2D eigenvalue weighted by Crippen LogP contribution is 2.32. The van der Waals surface area contributed by atoms with Gasteiger partial charge in [-0.25, -0.2) is 9.78 Å². The van der Waals surface area contributed by atoms with Crippen LogP contribution >= 0.6 is 11.3 Å². The maximum Gasteiger partial charge on any atom is 0.345 e. The number of hydrogen-bond donors (Lipinski definition) is 3.